The van der Waals surface area contributed by atoms with E-state index in [1.165, 1.54) is 44.8 Å². The summed E-state index contributed by atoms with van der Waals surface area (Å²) in [5.74, 6) is 0.811. The number of unbranched alkanes of at least 4 members (excludes halogenated alkanes) is 2. The number of hydrogen-bond donors (Lipinski definition) is 0. The molecule has 1 spiro atoms. The number of benzene rings is 2. The average Bonchev–Trinajstić information content (AvgIpc) is 3.45. The summed E-state index contributed by atoms with van der Waals surface area (Å²) in [5.41, 5.74) is 10.6. The van der Waals surface area contributed by atoms with E-state index in [-0.39, 0.29) is 27.2 Å². The largest absolute Gasteiger partial charge is 0.498 e. The van der Waals surface area contributed by atoms with Crippen LogP contribution in [0.2, 0.25) is 0 Å². The molecule has 0 saturated carbocycles. The molecular formula is C56H80N5O2+3. The molecule has 1 saturated heterocycles. The van der Waals surface area contributed by atoms with Crippen molar-refractivity contribution in [3.63, 3.8) is 0 Å². The number of nitrogens with zero attached hydrogens (tertiary/aromatic N) is 5. The average molecular weight is 855 g/mol. The Bertz CT molecular complexity index is 2300. The van der Waals surface area contributed by atoms with Crippen molar-refractivity contribution in [3.8, 4) is 11.5 Å². The zero-order valence-corrected chi connectivity index (χ0v) is 42.0. The number of aryl methyl sites for hydroxylation is 2. The highest BCUT2D eigenvalue weighted by Gasteiger charge is 2.70. The van der Waals surface area contributed by atoms with Crippen LogP contribution in [0.3, 0.4) is 0 Å². The molecule has 0 radical (unpaired) electrons. The Kier molecular flexibility index (Phi) is 12.3. The van der Waals surface area contributed by atoms with E-state index in [1.807, 2.05) is 0 Å². The molecule has 338 valence electrons. The fraction of sp³-hybridized carbons (Fsp3) is 0.554. The smallest absolute Gasteiger partial charge is 0.395 e. The van der Waals surface area contributed by atoms with Crippen LogP contribution in [-0.4, -0.2) is 50.4 Å². The Morgan fingerprint density at radius 3 is 1.35 bits per heavy atom. The van der Waals surface area contributed by atoms with E-state index in [4.69, 9.17) is 9.47 Å². The Hall–Kier alpha value is -4.65. The minimum Gasteiger partial charge on any atom is -0.395 e. The quantitative estimate of drug-likeness (QED) is 0.105. The molecule has 63 heavy (non-hydrogen) atoms. The van der Waals surface area contributed by atoms with Gasteiger partial charge in [0.05, 0.1) is 11.1 Å². The number of aromatic nitrogens is 2. The van der Waals surface area contributed by atoms with E-state index in [9.17, 15) is 0 Å². The summed E-state index contributed by atoms with van der Waals surface area (Å²) in [5, 5.41) is 0. The van der Waals surface area contributed by atoms with Crippen molar-refractivity contribution < 1.29 is 23.2 Å². The van der Waals surface area contributed by atoms with Crippen LogP contribution in [0.15, 0.2) is 78.9 Å². The second kappa shape index (κ2) is 16.7. The van der Waals surface area contributed by atoms with Gasteiger partial charge in [0.2, 0.25) is 0 Å². The molecule has 7 rings (SSSR count). The second-order valence-corrected chi connectivity index (χ2v) is 23.5. The number of anilines is 2. The summed E-state index contributed by atoms with van der Waals surface area (Å²) in [7, 11) is 8.40. The van der Waals surface area contributed by atoms with E-state index in [0.29, 0.717) is 0 Å². The van der Waals surface area contributed by atoms with E-state index in [2.05, 4.69) is 220 Å². The van der Waals surface area contributed by atoms with Crippen molar-refractivity contribution in [1.82, 2.24) is 0 Å². The lowest BCUT2D eigenvalue weighted by atomic mass is 9.78. The van der Waals surface area contributed by atoms with Gasteiger partial charge in [0, 0.05) is 113 Å². The molecule has 3 aliphatic rings. The van der Waals surface area contributed by atoms with Crippen molar-refractivity contribution in [2.24, 2.45) is 0 Å². The predicted octanol–water partition coefficient (Wildman–Crippen LogP) is 11.4. The van der Waals surface area contributed by atoms with Gasteiger partial charge in [-0.3, -0.25) is 0 Å². The van der Waals surface area contributed by atoms with Crippen LogP contribution in [0.5, 0.6) is 11.5 Å². The van der Waals surface area contributed by atoms with Crippen LogP contribution in [0, 0.1) is 0 Å². The van der Waals surface area contributed by atoms with Gasteiger partial charge in [-0.05, 0) is 63.8 Å². The van der Waals surface area contributed by atoms with Gasteiger partial charge >= 0.3 is 5.91 Å². The third-order valence-corrected chi connectivity index (χ3v) is 13.8. The first kappa shape index (κ1) is 46.3. The summed E-state index contributed by atoms with van der Waals surface area (Å²) in [6.07, 6.45) is 21.2. The molecule has 0 aliphatic carbocycles. The molecule has 0 bridgehead atoms. The number of hydrogen-bond acceptors (Lipinski definition) is 4. The lowest BCUT2D eigenvalue weighted by Gasteiger charge is -2.40. The van der Waals surface area contributed by atoms with Crippen LogP contribution in [0.25, 0.3) is 6.08 Å². The molecule has 5 heterocycles. The number of fused-ring (bicyclic) bond motifs is 2. The zero-order chi connectivity index (χ0) is 45.9. The molecule has 4 aromatic rings. The highest BCUT2D eigenvalue weighted by atomic mass is 16.7. The summed E-state index contributed by atoms with van der Waals surface area (Å²) in [4.78, 5) is 4.32. The summed E-state index contributed by atoms with van der Waals surface area (Å²) in [6, 6.07) is 18.5. The highest BCUT2D eigenvalue weighted by Crippen LogP contribution is 2.56. The Balaban J connectivity index is 1.36. The van der Waals surface area contributed by atoms with Gasteiger partial charge in [-0.1, -0.05) is 95.2 Å². The van der Waals surface area contributed by atoms with Gasteiger partial charge in [-0.15, -0.1) is 4.58 Å². The van der Waals surface area contributed by atoms with Gasteiger partial charge in [-0.25, -0.2) is 9.13 Å². The lowest BCUT2D eigenvalue weighted by molar-refractivity contribution is -0.719. The number of rotatable bonds is 12. The first-order valence-corrected chi connectivity index (χ1v) is 23.8. The maximum Gasteiger partial charge on any atom is 0.498 e. The SMILES string of the molecule is CN(C)c1cc[n+](CCCCC2(CCCC[n+]3ccc(N(C)C)cc3)CC3=Cc4cc(C(C)(C)C)cc(C(C)(C)C)c4OC34Oc3c(cc(C(C)(C)C)cc3C(C)(C)C)C=[N+]24)cc1. The van der Waals surface area contributed by atoms with E-state index >= 15 is 0 Å². The molecule has 1 atom stereocenters. The van der Waals surface area contributed by atoms with Gasteiger partial charge in [0.15, 0.2) is 36.5 Å². The summed E-state index contributed by atoms with van der Waals surface area (Å²) in [6.45, 7) is 29.8. The van der Waals surface area contributed by atoms with E-state index < -0.39 is 5.91 Å². The van der Waals surface area contributed by atoms with Crippen molar-refractivity contribution in [1.29, 1.82) is 0 Å². The van der Waals surface area contributed by atoms with E-state index in [1.54, 1.807) is 0 Å². The molecule has 2 aromatic carbocycles. The molecule has 1 fully saturated rings. The van der Waals surface area contributed by atoms with Crippen molar-refractivity contribution in [2.75, 3.05) is 38.0 Å². The van der Waals surface area contributed by atoms with Gasteiger partial charge in [0.1, 0.15) is 24.6 Å². The summed E-state index contributed by atoms with van der Waals surface area (Å²) >= 11 is 0. The van der Waals surface area contributed by atoms with Crippen molar-refractivity contribution in [3.05, 3.63) is 112 Å². The van der Waals surface area contributed by atoms with Crippen LogP contribution in [-0.2, 0) is 34.7 Å². The third kappa shape index (κ3) is 9.45. The first-order chi connectivity index (χ1) is 29.3. The van der Waals surface area contributed by atoms with Crippen molar-refractivity contribution >= 4 is 23.7 Å². The van der Waals surface area contributed by atoms with Crippen LogP contribution < -0.4 is 28.4 Å². The molecular weight excluding hydrogens is 775 g/mol. The maximum atomic E-state index is 7.75. The normalized spacial score (nSPS) is 18.0. The summed E-state index contributed by atoms with van der Waals surface area (Å²) < 4.78 is 22.8. The molecule has 1 unspecified atom stereocenters. The molecule has 0 amide bonds. The van der Waals surface area contributed by atoms with E-state index in [0.717, 1.165) is 75.1 Å². The zero-order valence-electron chi connectivity index (χ0n) is 42.0. The Morgan fingerprint density at radius 2 is 0.952 bits per heavy atom. The molecule has 3 aliphatic heterocycles. The molecule has 7 nitrogen and oxygen atoms in total. The second-order valence-electron chi connectivity index (χ2n) is 23.5. The van der Waals surface area contributed by atoms with Crippen molar-refractivity contribution in [2.45, 2.75) is 174 Å². The van der Waals surface area contributed by atoms with Crippen LogP contribution >= 0.6 is 0 Å². The van der Waals surface area contributed by atoms with Crippen LogP contribution in [0.4, 0.5) is 11.4 Å². The van der Waals surface area contributed by atoms with Crippen LogP contribution in [0.1, 0.15) is 161 Å². The number of pyridine rings is 2. The Morgan fingerprint density at radius 1 is 0.540 bits per heavy atom. The predicted molar refractivity (Wildman–Crippen MR) is 262 cm³/mol. The minimum absolute atomic E-state index is 0.00976. The molecule has 2 aromatic heterocycles. The lowest BCUT2D eigenvalue weighted by Crippen LogP contribution is -2.58. The van der Waals surface area contributed by atoms with Gasteiger partial charge in [-0.2, -0.15) is 0 Å². The standard InChI is InChI=1S/C56H80N5O2/c1-51(2,3)42-33-40-34-44-38-55(25-17-19-27-59-29-21-45(22-30-59)57(13)14,26-18-20-28-60-31-23-46(24-32-60)58(15)16)61-39-41-35-43(52(4,5)6)37-48(54(10,11)12)50(41)63-56(44,61)62-49(40)47(36-42)53(7,8)9/h21-24,29-37,39H,17-20,25-28,38H2,1-16H3/q+3. The topological polar surface area (TPSA) is 35.7 Å². The highest BCUT2D eigenvalue weighted by molar-refractivity contribution is 5.84. The fourth-order valence-corrected chi connectivity index (χ4v) is 9.78. The number of ether oxygens (including phenoxy) is 2. The Labute approximate surface area is 381 Å². The minimum atomic E-state index is -1.10. The molecule has 7 heteroatoms. The monoisotopic (exact) mass is 855 g/mol. The van der Waals surface area contributed by atoms with Gasteiger partial charge in [0.25, 0.3) is 0 Å². The maximum absolute atomic E-state index is 7.75. The first-order valence-electron chi connectivity index (χ1n) is 23.8. The van der Waals surface area contributed by atoms with Gasteiger partial charge < -0.3 is 19.3 Å². The fourth-order valence-electron chi connectivity index (χ4n) is 9.78. The molecule has 0 N–H and O–H groups in total. The third-order valence-electron chi connectivity index (χ3n) is 13.8.